The van der Waals surface area contributed by atoms with Gasteiger partial charge in [-0.2, -0.15) is 5.26 Å². The summed E-state index contributed by atoms with van der Waals surface area (Å²) in [5.41, 5.74) is 0.909. The maximum Gasteiger partial charge on any atom is 0.328 e. The monoisotopic (exact) mass is 278 g/mol. The Morgan fingerprint density at radius 3 is 3.00 bits per heavy atom. The number of aliphatic carboxylic acids is 1. The van der Waals surface area contributed by atoms with E-state index in [-0.39, 0.29) is 5.92 Å². The summed E-state index contributed by atoms with van der Waals surface area (Å²) in [6.07, 6.45) is 2.73. The molecule has 0 saturated carbocycles. The molecule has 1 aromatic rings. The normalized spacial score (nSPS) is 12.7. The lowest BCUT2D eigenvalue weighted by Crippen LogP contribution is -2.27. The lowest BCUT2D eigenvalue weighted by atomic mass is 10.2. The first kappa shape index (κ1) is 15.4. The Bertz CT molecular complexity index is 488. The summed E-state index contributed by atoms with van der Waals surface area (Å²) in [5.74, 6) is -0.919. The van der Waals surface area contributed by atoms with Gasteiger partial charge >= 0.3 is 5.97 Å². The number of thiophene rings is 1. The molecule has 0 amide bonds. The van der Waals surface area contributed by atoms with Crippen LogP contribution in [-0.4, -0.2) is 29.1 Å². The summed E-state index contributed by atoms with van der Waals surface area (Å²) < 4.78 is 0. The highest BCUT2D eigenvalue weighted by Crippen LogP contribution is 2.18. The fourth-order valence-electron chi connectivity index (χ4n) is 1.69. The summed E-state index contributed by atoms with van der Waals surface area (Å²) in [4.78, 5) is 13.8. The third-order valence-corrected chi connectivity index (χ3v) is 3.61. The van der Waals surface area contributed by atoms with Gasteiger partial charge in [0.25, 0.3) is 0 Å². The highest BCUT2D eigenvalue weighted by Gasteiger charge is 2.09. The lowest BCUT2D eigenvalue weighted by Gasteiger charge is -2.20. The zero-order chi connectivity index (χ0) is 14.3. The Morgan fingerprint density at radius 2 is 2.42 bits per heavy atom. The summed E-state index contributed by atoms with van der Waals surface area (Å²) in [7, 11) is 0. The Balaban J connectivity index is 2.61. The van der Waals surface area contributed by atoms with E-state index in [1.807, 2.05) is 18.4 Å². The number of hydrogen-bond donors (Lipinski definition) is 1. The van der Waals surface area contributed by atoms with Crippen molar-refractivity contribution in [3.63, 3.8) is 0 Å². The molecule has 1 heterocycles. The molecule has 0 aliphatic heterocycles. The molecule has 19 heavy (non-hydrogen) atoms. The van der Waals surface area contributed by atoms with Crippen molar-refractivity contribution >= 4 is 23.4 Å². The molecule has 0 fully saturated rings. The SMILES string of the molecule is CCN(Cc1cc(C=CC(=O)O)cs1)CC(C)C#N. The van der Waals surface area contributed by atoms with E-state index in [1.165, 1.54) is 4.88 Å². The van der Waals surface area contributed by atoms with Gasteiger partial charge in [-0.3, -0.25) is 4.90 Å². The third-order valence-electron chi connectivity index (χ3n) is 2.67. The topological polar surface area (TPSA) is 64.3 Å². The number of carboxylic acids is 1. The minimum Gasteiger partial charge on any atom is -0.478 e. The second-order valence-corrected chi connectivity index (χ2v) is 5.37. The maximum atomic E-state index is 10.4. The van der Waals surface area contributed by atoms with Gasteiger partial charge in [0, 0.05) is 24.0 Å². The molecule has 1 N–H and O–H groups in total. The molecular formula is C14H18N2O2S. The van der Waals surface area contributed by atoms with Crippen LogP contribution >= 0.6 is 11.3 Å². The number of nitrogens with zero attached hydrogens (tertiary/aromatic N) is 2. The van der Waals surface area contributed by atoms with Crippen LogP contribution in [0.5, 0.6) is 0 Å². The van der Waals surface area contributed by atoms with Gasteiger partial charge in [0.1, 0.15) is 0 Å². The summed E-state index contributed by atoms with van der Waals surface area (Å²) in [6, 6.07) is 4.23. The van der Waals surface area contributed by atoms with Gasteiger partial charge in [-0.25, -0.2) is 4.79 Å². The minimum absolute atomic E-state index is 0.0197. The number of nitriles is 1. The molecule has 0 saturated heterocycles. The van der Waals surface area contributed by atoms with Crippen molar-refractivity contribution in [1.29, 1.82) is 5.26 Å². The van der Waals surface area contributed by atoms with Crippen LogP contribution in [0.25, 0.3) is 6.08 Å². The molecule has 0 spiro atoms. The zero-order valence-electron chi connectivity index (χ0n) is 11.2. The standard InChI is InChI=1S/C14H18N2O2S/c1-3-16(8-11(2)7-15)9-13-6-12(10-19-13)4-5-14(17)18/h4-6,10-11H,3,8-9H2,1-2H3,(H,17,18). The van der Waals surface area contributed by atoms with Crippen LogP contribution in [0.3, 0.4) is 0 Å². The fourth-order valence-corrected chi connectivity index (χ4v) is 2.58. The molecule has 1 atom stereocenters. The number of hydrogen-bond acceptors (Lipinski definition) is 4. The van der Waals surface area contributed by atoms with Crippen molar-refractivity contribution in [1.82, 2.24) is 4.90 Å². The van der Waals surface area contributed by atoms with Crippen LogP contribution in [0.4, 0.5) is 0 Å². The van der Waals surface area contributed by atoms with Crippen LogP contribution in [0.2, 0.25) is 0 Å². The number of carbonyl (C=O) groups is 1. The van der Waals surface area contributed by atoms with Crippen LogP contribution < -0.4 is 0 Å². The molecule has 0 aliphatic rings. The van der Waals surface area contributed by atoms with E-state index < -0.39 is 5.97 Å². The average molecular weight is 278 g/mol. The van der Waals surface area contributed by atoms with Crippen molar-refractivity contribution < 1.29 is 9.90 Å². The van der Waals surface area contributed by atoms with Gasteiger partial charge in [-0.05, 0) is 36.6 Å². The quantitative estimate of drug-likeness (QED) is 0.779. The van der Waals surface area contributed by atoms with Gasteiger partial charge in [0.05, 0.1) is 12.0 Å². The summed E-state index contributed by atoms with van der Waals surface area (Å²) >= 11 is 1.61. The first-order chi connectivity index (χ1) is 9.05. The van der Waals surface area contributed by atoms with Gasteiger partial charge in [-0.1, -0.05) is 6.92 Å². The molecule has 1 aromatic heterocycles. The van der Waals surface area contributed by atoms with E-state index in [2.05, 4.69) is 17.9 Å². The van der Waals surface area contributed by atoms with Crippen LogP contribution in [0.15, 0.2) is 17.5 Å². The van der Waals surface area contributed by atoms with E-state index in [0.717, 1.165) is 31.3 Å². The fraction of sp³-hybridized carbons (Fsp3) is 0.429. The molecule has 1 unspecified atom stereocenters. The van der Waals surface area contributed by atoms with Crippen LogP contribution in [0, 0.1) is 17.2 Å². The summed E-state index contributed by atoms with van der Waals surface area (Å²) in [6.45, 7) is 6.44. The smallest absolute Gasteiger partial charge is 0.328 e. The highest BCUT2D eigenvalue weighted by molar-refractivity contribution is 7.10. The van der Waals surface area contributed by atoms with Crippen molar-refractivity contribution in [2.75, 3.05) is 13.1 Å². The van der Waals surface area contributed by atoms with Crippen molar-refractivity contribution in [3.05, 3.63) is 28.0 Å². The molecule has 0 aromatic carbocycles. The Hall–Kier alpha value is -1.64. The first-order valence-corrected chi connectivity index (χ1v) is 7.03. The van der Waals surface area contributed by atoms with Gasteiger partial charge in [0.2, 0.25) is 0 Å². The van der Waals surface area contributed by atoms with E-state index in [4.69, 9.17) is 10.4 Å². The first-order valence-electron chi connectivity index (χ1n) is 6.15. The van der Waals surface area contributed by atoms with E-state index in [1.54, 1.807) is 17.4 Å². The zero-order valence-corrected chi connectivity index (χ0v) is 12.0. The molecule has 1 rings (SSSR count). The minimum atomic E-state index is -0.939. The number of carboxylic acid groups (broad SMARTS) is 1. The third kappa shape index (κ3) is 5.69. The summed E-state index contributed by atoms with van der Waals surface area (Å²) in [5, 5.41) is 19.3. The predicted molar refractivity (Wildman–Crippen MR) is 76.7 cm³/mol. The Morgan fingerprint density at radius 1 is 1.68 bits per heavy atom. The molecule has 0 bridgehead atoms. The molecule has 4 nitrogen and oxygen atoms in total. The second kappa shape index (κ2) is 7.72. The molecule has 0 aliphatic carbocycles. The Labute approximate surface area is 117 Å². The molecule has 102 valence electrons. The van der Waals surface area contributed by atoms with Gasteiger partial charge in [-0.15, -0.1) is 11.3 Å². The molecule has 0 radical (unpaired) electrons. The van der Waals surface area contributed by atoms with Gasteiger partial charge in [0.15, 0.2) is 0 Å². The highest BCUT2D eigenvalue weighted by atomic mass is 32.1. The molecular weight excluding hydrogens is 260 g/mol. The number of rotatable bonds is 7. The van der Waals surface area contributed by atoms with E-state index in [0.29, 0.717) is 0 Å². The van der Waals surface area contributed by atoms with E-state index >= 15 is 0 Å². The van der Waals surface area contributed by atoms with Gasteiger partial charge < -0.3 is 5.11 Å². The van der Waals surface area contributed by atoms with Crippen LogP contribution in [0.1, 0.15) is 24.3 Å². The van der Waals surface area contributed by atoms with Crippen molar-refractivity contribution in [2.24, 2.45) is 5.92 Å². The lowest BCUT2D eigenvalue weighted by molar-refractivity contribution is -0.131. The molecule has 5 heteroatoms. The van der Waals surface area contributed by atoms with Crippen molar-refractivity contribution in [2.45, 2.75) is 20.4 Å². The average Bonchev–Trinajstić information content (AvgIpc) is 2.83. The van der Waals surface area contributed by atoms with Crippen molar-refractivity contribution in [3.8, 4) is 6.07 Å². The second-order valence-electron chi connectivity index (χ2n) is 4.38. The predicted octanol–water partition coefficient (Wildman–Crippen LogP) is 2.83. The largest absolute Gasteiger partial charge is 0.478 e. The van der Waals surface area contributed by atoms with Crippen LogP contribution in [-0.2, 0) is 11.3 Å². The van der Waals surface area contributed by atoms with E-state index in [9.17, 15) is 4.79 Å². The Kier molecular flexibility index (Phi) is 6.26. The maximum absolute atomic E-state index is 10.4.